The van der Waals surface area contributed by atoms with E-state index in [1.807, 2.05) is 26.0 Å². The third-order valence-corrected chi connectivity index (χ3v) is 10.3. The van der Waals surface area contributed by atoms with Crippen molar-refractivity contribution in [3.8, 4) is 11.5 Å². The second kappa shape index (κ2) is 17.0. The van der Waals surface area contributed by atoms with Crippen molar-refractivity contribution >= 4 is 45.1 Å². The highest BCUT2D eigenvalue weighted by molar-refractivity contribution is 6.37. The van der Waals surface area contributed by atoms with Gasteiger partial charge in [-0.1, -0.05) is 35.4 Å². The molecule has 1 N–H and O–H groups in total. The van der Waals surface area contributed by atoms with E-state index < -0.39 is 17.4 Å². The Morgan fingerprint density at radius 3 is 1.50 bits per heavy atom. The summed E-state index contributed by atoms with van der Waals surface area (Å²) in [6.45, 7) is 17.4. The van der Waals surface area contributed by atoms with E-state index in [1.165, 1.54) is 0 Å². The molecule has 0 saturated carbocycles. The van der Waals surface area contributed by atoms with Crippen LogP contribution < -0.4 is 20.7 Å². The number of halogens is 2. The van der Waals surface area contributed by atoms with Crippen LogP contribution in [0.1, 0.15) is 33.4 Å². The summed E-state index contributed by atoms with van der Waals surface area (Å²) in [6.07, 6.45) is 3.17. The Bertz CT molecular complexity index is 1930. The molecule has 2 aliphatic heterocycles. The molecule has 0 amide bonds. The molecule has 0 spiro atoms. The van der Waals surface area contributed by atoms with Gasteiger partial charge in [-0.2, -0.15) is 0 Å². The number of aliphatic hydroxyl groups excluding tert-OH is 1. The predicted molar refractivity (Wildman–Crippen MR) is 201 cm³/mol. The zero-order chi connectivity index (χ0) is 36.9. The van der Waals surface area contributed by atoms with Crippen molar-refractivity contribution in [1.29, 1.82) is 0 Å². The number of ether oxygens (including phenoxy) is 4. The molecule has 2 fully saturated rings. The molecule has 278 valence electrons. The average molecular weight is 756 g/mol. The summed E-state index contributed by atoms with van der Waals surface area (Å²) in [7, 11) is 0. The molecule has 2 aliphatic rings. The van der Waals surface area contributed by atoms with E-state index in [0.717, 1.165) is 48.4 Å². The zero-order valence-electron chi connectivity index (χ0n) is 29.6. The van der Waals surface area contributed by atoms with Gasteiger partial charge in [-0.15, -0.1) is 13.2 Å². The van der Waals surface area contributed by atoms with Crippen LogP contribution in [0, 0.1) is 13.8 Å². The van der Waals surface area contributed by atoms with Gasteiger partial charge in [0.15, 0.2) is 11.2 Å². The zero-order valence-corrected chi connectivity index (χ0v) is 31.1. The van der Waals surface area contributed by atoms with E-state index in [-0.39, 0.29) is 45.9 Å². The number of hydrogen-bond acceptors (Lipinski definition) is 11. The maximum atomic E-state index is 13.2. The molecule has 0 unspecified atom stereocenters. The number of allylic oxidation sites excluding steroid dienone is 2. The maximum Gasteiger partial charge on any atom is 0.341 e. The van der Waals surface area contributed by atoms with Gasteiger partial charge >= 0.3 is 11.3 Å². The van der Waals surface area contributed by atoms with E-state index in [4.69, 9.17) is 51.0 Å². The number of benzene rings is 2. The lowest BCUT2D eigenvalue weighted by Crippen LogP contribution is -2.37. The molecule has 2 aromatic carbocycles. The first-order valence-corrected chi connectivity index (χ1v) is 18.2. The minimum atomic E-state index is -1.12. The van der Waals surface area contributed by atoms with Gasteiger partial charge < -0.3 is 32.9 Å². The fourth-order valence-electron chi connectivity index (χ4n) is 6.70. The Labute approximate surface area is 311 Å². The van der Waals surface area contributed by atoms with Gasteiger partial charge in [0.1, 0.15) is 40.9 Å². The van der Waals surface area contributed by atoms with Gasteiger partial charge in [0.2, 0.25) is 0 Å². The minimum absolute atomic E-state index is 0.129. The van der Waals surface area contributed by atoms with E-state index in [2.05, 4.69) is 23.0 Å². The fraction of sp³-hybridized carbons (Fsp3) is 0.436. The first kappa shape index (κ1) is 38.1. The largest absolute Gasteiger partial charge is 0.489 e. The number of rotatable bonds is 14. The van der Waals surface area contributed by atoms with Crippen LogP contribution in [0.5, 0.6) is 11.5 Å². The topological polar surface area (TPSA) is 124 Å². The quantitative estimate of drug-likeness (QED) is 0.125. The third-order valence-electron chi connectivity index (χ3n) is 9.64. The summed E-state index contributed by atoms with van der Waals surface area (Å²) >= 11 is 13.7. The molecule has 13 heteroatoms. The molecule has 11 nitrogen and oxygen atoms in total. The Morgan fingerprint density at radius 1 is 0.750 bits per heavy atom. The monoisotopic (exact) mass is 754 g/mol. The second-order valence-corrected chi connectivity index (χ2v) is 13.9. The van der Waals surface area contributed by atoms with Crippen LogP contribution >= 0.6 is 23.2 Å². The molecule has 0 radical (unpaired) electrons. The van der Waals surface area contributed by atoms with Crippen LogP contribution in [0.2, 0.25) is 10.0 Å². The molecular formula is C39H44Cl2N2O9. The van der Waals surface area contributed by atoms with Crippen LogP contribution in [0.25, 0.3) is 21.9 Å². The third kappa shape index (κ3) is 8.11. The highest BCUT2D eigenvalue weighted by Crippen LogP contribution is 2.40. The van der Waals surface area contributed by atoms with E-state index in [9.17, 15) is 14.7 Å². The van der Waals surface area contributed by atoms with E-state index in [1.54, 1.807) is 12.2 Å². The van der Waals surface area contributed by atoms with Crippen LogP contribution in [0.4, 0.5) is 0 Å². The van der Waals surface area contributed by atoms with E-state index >= 15 is 0 Å². The molecule has 2 saturated heterocycles. The number of fused-ring (bicyclic) bond motifs is 2. The summed E-state index contributed by atoms with van der Waals surface area (Å²) in [6, 6.07) is 3.78. The van der Waals surface area contributed by atoms with Crippen molar-refractivity contribution in [2.45, 2.75) is 45.9 Å². The Morgan fingerprint density at radius 2 is 1.13 bits per heavy atom. The molecule has 6 rings (SSSR count). The smallest absolute Gasteiger partial charge is 0.341 e. The standard InChI is InChI=1S/C39H44Cl2N2O9/c1-5-7-25-17-28-23(3)30(19-42-9-13-47-14-10-42)38(45)51-36(28)32(40)34(25)49-21-27(44)22-50-35-26(8-6-2)18-29-24(4)31(20-43-11-15-48-16-12-43)39(46)52-37(29)33(35)41/h5-6,17-18,27,44H,1-2,7-16,19-22H2,3-4H3. The summed E-state index contributed by atoms with van der Waals surface area (Å²) in [5.41, 5.74) is 3.66. The summed E-state index contributed by atoms with van der Waals surface area (Å²) in [5, 5.41) is 12.7. The highest BCUT2D eigenvalue weighted by Gasteiger charge is 2.25. The minimum Gasteiger partial charge on any atom is -0.489 e. The lowest BCUT2D eigenvalue weighted by molar-refractivity contribution is 0.0336. The van der Waals surface area contributed by atoms with Gasteiger partial charge in [-0.25, -0.2) is 9.59 Å². The second-order valence-electron chi connectivity index (χ2n) is 13.1. The highest BCUT2D eigenvalue weighted by atomic mass is 35.5. The summed E-state index contributed by atoms with van der Waals surface area (Å²) in [5.74, 6) is 0.552. The van der Waals surface area contributed by atoms with Crippen molar-refractivity contribution in [3.63, 3.8) is 0 Å². The summed E-state index contributed by atoms with van der Waals surface area (Å²) in [4.78, 5) is 30.6. The van der Waals surface area contributed by atoms with Crippen molar-refractivity contribution in [1.82, 2.24) is 9.80 Å². The van der Waals surface area contributed by atoms with E-state index in [0.29, 0.717) is 74.3 Å². The lowest BCUT2D eigenvalue weighted by atomic mass is 10.0. The molecular weight excluding hydrogens is 711 g/mol. The first-order valence-electron chi connectivity index (χ1n) is 17.4. The van der Waals surface area contributed by atoms with Crippen LogP contribution in [0.15, 0.2) is 55.9 Å². The normalized spacial score (nSPS) is 15.8. The maximum absolute atomic E-state index is 13.2. The van der Waals surface area contributed by atoms with Crippen molar-refractivity contribution in [3.05, 3.63) is 102 Å². The Hall–Kier alpha value is -3.68. The molecule has 0 aliphatic carbocycles. The van der Waals surface area contributed by atoms with Gasteiger partial charge in [-0.05, 0) is 49.9 Å². The van der Waals surface area contributed by atoms with Crippen LogP contribution in [0.3, 0.4) is 0 Å². The molecule has 0 bridgehead atoms. The van der Waals surface area contributed by atoms with Crippen LogP contribution in [-0.2, 0) is 35.4 Å². The molecule has 4 heterocycles. The van der Waals surface area contributed by atoms with Crippen molar-refractivity contribution < 1.29 is 32.9 Å². The van der Waals surface area contributed by atoms with Gasteiger partial charge in [0.25, 0.3) is 0 Å². The Balaban J connectivity index is 1.22. The van der Waals surface area contributed by atoms with Crippen molar-refractivity contribution in [2.24, 2.45) is 0 Å². The number of aliphatic hydroxyl groups is 1. The van der Waals surface area contributed by atoms with Crippen molar-refractivity contribution in [2.75, 3.05) is 65.8 Å². The van der Waals surface area contributed by atoms with Gasteiger partial charge in [0.05, 0.1) is 37.6 Å². The molecule has 4 aromatic rings. The number of morpholine rings is 2. The molecule has 52 heavy (non-hydrogen) atoms. The SMILES string of the molecule is C=CCc1cc2c(C)c(CN3CCOCC3)c(=O)oc2c(Cl)c1OCC(O)COc1c(CC=C)cc2c(C)c(CN3CCOCC3)c(=O)oc2c1Cl. The Kier molecular flexibility index (Phi) is 12.4. The van der Waals surface area contributed by atoms with Crippen LogP contribution in [-0.4, -0.2) is 86.8 Å². The lowest BCUT2D eigenvalue weighted by Gasteiger charge is -2.27. The number of aryl methyl sites for hydroxylation is 2. The summed E-state index contributed by atoms with van der Waals surface area (Å²) < 4.78 is 34.6. The molecule has 2 aromatic heterocycles. The average Bonchev–Trinajstić information content (AvgIpc) is 3.13. The number of hydrogen-bond donors (Lipinski definition) is 1. The predicted octanol–water partition coefficient (Wildman–Crippen LogP) is 5.76. The first-order chi connectivity index (χ1) is 25.1. The fourth-order valence-corrected chi connectivity index (χ4v) is 7.33. The van der Waals surface area contributed by atoms with Gasteiger partial charge in [-0.3, -0.25) is 9.80 Å². The van der Waals surface area contributed by atoms with Gasteiger partial charge in [0, 0.05) is 61.2 Å². The molecule has 0 atom stereocenters. The number of nitrogens with zero attached hydrogens (tertiary/aromatic N) is 2.